The van der Waals surface area contributed by atoms with Crippen molar-refractivity contribution in [1.82, 2.24) is 10.2 Å². The molecule has 0 spiro atoms. The highest BCUT2D eigenvalue weighted by Gasteiger charge is 2.46. The second kappa shape index (κ2) is 8.85. The summed E-state index contributed by atoms with van der Waals surface area (Å²) in [6.07, 6.45) is 4.07. The number of ketones is 1. The summed E-state index contributed by atoms with van der Waals surface area (Å²) in [5.41, 5.74) is 1.32. The van der Waals surface area contributed by atoms with Gasteiger partial charge in [-0.2, -0.15) is 0 Å². The zero-order valence-corrected chi connectivity index (χ0v) is 17.2. The molecule has 2 aromatic rings. The molecular weight excluding hydrogens is 376 g/mol. The van der Waals surface area contributed by atoms with Crippen LogP contribution in [0.5, 0.6) is 0 Å². The number of thiocarbonyl (C=S) groups is 1. The third-order valence-corrected chi connectivity index (χ3v) is 6.13. The van der Waals surface area contributed by atoms with E-state index in [-0.39, 0.29) is 5.78 Å². The third-order valence-electron chi connectivity index (χ3n) is 5.38. The Morgan fingerprint density at radius 1 is 1.15 bits per heavy atom. The number of nitrogens with one attached hydrogen (secondary N) is 1. The molecule has 0 heterocycles. The number of carbonyl (C=O) groups excluding carboxylic acids is 1. The van der Waals surface area contributed by atoms with Crippen LogP contribution in [-0.4, -0.2) is 29.4 Å². The number of carbonyl (C=O) groups is 1. The molecule has 1 aliphatic carbocycles. The summed E-state index contributed by atoms with van der Waals surface area (Å²) in [6.45, 7) is 0.722. The van der Waals surface area contributed by atoms with E-state index in [1.807, 2.05) is 54.4 Å². The molecule has 0 bridgehead atoms. The summed E-state index contributed by atoms with van der Waals surface area (Å²) < 4.78 is 0. The number of rotatable bonds is 5. The maximum Gasteiger partial charge on any atom is 0.169 e. The van der Waals surface area contributed by atoms with Crippen LogP contribution in [0.1, 0.15) is 36.8 Å². The van der Waals surface area contributed by atoms with Crippen LogP contribution >= 0.6 is 23.8 Å². The number of benzene rings is 2. The fraction of sp³-hybridized carbons (Fsp3) is 0.364. The van der Waals surface area contributed by atoms with Gasteiger partial charge in [0.25, 0.3) is 0 Å². The van der Waals surface area contributed by atoms with E-state index in [2.05, 4.69) is 17.4 Å². The minimum Gasteiger partial charge on any atom is -0.362 e. The Morgan fingerprint density at radius 3 is 2.56 bits per heavy atom. The highest BCUT2D eigenvalue weighted by Crippen LogP contribution is 2.42. The van der Waals surface area contributed by atoms with Crippen molar-refractivity contribution in [3.8, 4) is 0 Å². The van der Waals surface area contributed by atoms with Gasteiger partial charge in [0.2, 0.25) is 0 Å². The van der Waals surface area contributed by atoms with E-state index in [1.54, 1.807) is 0 Å². The Morgan fingerprint density at radius 2 is 1.85 bits per heavy atom. The van der Waals surface area contributed by atoms with E-state index in [9.17, 15) is 4.79 Å². The standard InChI is InChI=1S/C22H25ClN2OS/c1-25(21(27)24-16-14-17-9-3-2-4-10-17)22(15-8-7-13-20(22)26)18-11-5-6-12-19(18)23/h2-6,9-12H,7-8,13-16H2,1H3,(H,24,27). The van der Waals surface area contributed by atoms with Crippen LogP contribution in [0, 0.1) is 0 Å². The summed E-state index contributed by atoms with van der Waals surface area (Å²) in [7, 11) is 1.91. The van der Waals surface area contributed by atoms with E-state index in [0.717, 1.165) is 37.8 Å². The van der Waals surface area contributed by atoms with Crippen LogP contribution in [-0.2, 0) is 16.8 Å². The molecule has 3 rings (SSSR count). The van der Waals surface area contributed by atoms with Gasteiger partial charge in [-0.1, -0.05) is 60.1 Å². The van der Waals surface area contributed by atoms with Crippen LogP contribution < -0.4 is 5.32 Å². The number of likely N-dealkylation sites (N-methyl/N-ethyl adjacent to an activating group) is 1. The maximum atomic E-state index is 13.1. The Hall–Kier alpha value is -1.91. The first kappa shape index (κ1) is 19.8. The number of halogens is 1. The van der Waals surface area contributed by atoms with Crippen molar-refractivity contribution in [2.75, 3.05) is 13.6 Å². The minimum absolute atomic E-state index is 0.191. The Kier molecular flexibility index (Phi) is 6.51. The molecule has 0 radical (unpaired) electrons. The molecule has 1 fully saturated rings. The highest BCUT2D eigenvalue weighted by atomic mass is 35.5. The molecule has 0 aromatic heterocycles. The largest absolute Gasteiger partial charge is 0.362 e. The van der Waals surface area contributed by atoms with Crippen LogP contribution in [0.25, 0.3) is 0 Å². The molecule has 1 N–H and O–H groups in total. The van der Waals surface area contributed by atoms with Gasteiger partial charge in [-0.05, 0) is 49.5 Å². The van der Waals surface area contributed by atoms with Crippen molar-refractivity contribution in [1.29, 1.82) is 0 Å². The third kappa shape index (κ3) is 4.17. The highest BCUT2D eigenvalue weighted by molar-refractivity contribution is 7.80. The van der Waals surface area contributed by atoms with Gasteiger partial charge in [0.1, 0.15) is 5.54 Å². The van der Waals surface area contributed by atoms with Crippen molar-refractivity contribution in [3.63, 3.8) is 0 Å². The summed E-state index contributed by atoms with van der Waals surface area (Å²) in [5, 5.41) is 4.53. The molecule has 0 aliphatic heterocycles. The molecule has 5 heteroatoms. The van der Waals surface area contributed by atoms with E-state index in [0.29, 0.717) is 16.6 Å². The van der Waals surface area contributed by atoms with Crippen LogP contribution in [0.3, 0.4) is 0 Å². The molecule has 3 nitrogen and oxygen atoms in total. The molecule has 0 saturated heterocycles. The summed E-state index contributed by atoms with van der Waals surface area (Å²) in [4.78, 5) is 15.0. The van der Waals surface area contributed by atoms with Gasteiger partial charge in [-0.3, -0.25) is 4.79 Å². The lowest BCUT2D eigenvalue weighted by Gasteiger charge is -2.45. The fourth-order valence-corrected chi connectivity index (χ4v) is 4.43. The smallest absolute Gasteiger partial charge is 0.169 e. The Labute approximate surface area is 171 Å². The normalized spacial score (nSPS) is 19.6. The first-order valence-electron chi connectivity index (χ1n) is 9.39. The second-order valence-corrected chi connectivity index (χ2v) is 7.79. The lowest BCUT2D eigenvalue weighted by molar-refractivity contribution is -0.131. The summed E-state index contributed by atoms with van der Waals surface area (Å²) in [6, 6.07) is 17.9. The number of Topliss-reactive ketones (excluding diaryl/α,β-unsaturated/α-hetero) is 1. The Balaban J connectivity index is 1.79. The maximum absolute atomic E-state index is 13.1. The SMILES string of the molecule is CN(C(=S)NCCc1ccccc1)C1(c2ccccc2Cl)CCCCC1=O. The topological polar surface area (TPSA) is 32.3 Å². The molecular formula is C22H25ClN2OS. The van der Waals surface area contributed by atoms with Gasteiger partial charge < -0.3 is 10.2 Å². The quantitative estimate of drug-likeness (QED) is 0.735. The minimum atomic E-state index is -0.784. The molecule has 142 valence electrons. The molecule has 1 saturated carbocycles. The van der Waals surface area contributed by atoms with Gasteiger partial charge in [-0.15, -0.1) is 0 Å². The van der Waals surface area contributed by atoms with Crippen molar-refractivity contribution < 1.29 is 4.79 Å². The van der Waals surface area contributed by atoms with Crippen molar-refractivity contribution in [2.45, 2.75) is 37.6 Å². The lowest BCUT2D eigenvalue weighted by Crippen LogP contribution is -2.56. The van der Waals surface area contributed by atoms with E-state index in [4.69, 9.17) is 23.8 Å². The monoisotopic (exact) mass is 400 g/mol. The molecule has 2 aromatic carbocycles. The summed E-state index contributed by atoms with van der Waals surface area (Å²) in [5.74, 6) is 0.191. The predicted molar refractivity (Wildman–Crippen MR) is 115 cm³/mol. The van der Waals surface area contributed by atoms with Crippen LogP contribution in [0.15, 0.2) is 54.6 Å². The second-order valence-electron chi connectivity index (χ2n) is 7.00. The molecule has 27 heavy (non-hydrogen) atoms. The van der Waals surface area contributed by atoms with Crippen molar-refractivity contribution in [2.24, 2.45) is 0 Å². The van der Waals surface area contributed by atoms with Crippen LogP contribution in [0.4, 0.5) is 0 Å². The first-order chi connectivity index (χ1) is 13.1. The average Bonchev–Trinajstić information content (AvgIpc) is 2.69. The lowest BCUT2D eigenvalue weighted by atomic mass is 9.74. The number of hydrogen-bond acceptors (Lipinski definition) is 2. The summed E-state index contributed by atoms with van der Waals surface area (Å²) >= 11 is 12.2. The van der Waals surface area contributed by atoms with Crippen molar-refractivity contribution >= 4 is 34.7 Å². The average molecular weight is 401 g/mol. The molecule has 1 atom stereocenters. The molecule has 0 amide bonds. The zero-order chi connectivity index (χ0) is 19.3. The van der Waals surface area contributed by atoms with Crippen LogP contribution in [0.2, 0.25) is 5.02 Å². The Bertz CT molecular complexity index is 811. The number of nitrogens with zero attached hydrogens (tertiary/aromatic N) is 1. The van der Waals surface area contributed by atoms with Gasteiger partial charge >= 0.3 is 0 Å². The fourth-order valence-electron chi connectivity index (χ4n) is 3.88. The molecule has 1 unspecified atom stereocenters. The van der Waals surface area contributed by atoms with E-state index >= 15 is 0 Å². The molecule has 1 aliphatic rings. The zero-order valence-electron chi connectivity index (χ0n) is 15.6. The number of hydrogen-bond donors (Lipinski definition) is 1. The predicted octanol–water partition coefficient (Wildman–Crippen LogP) is 4.73. The van der Waals surface area contributed by atoms with Gasteiger partial charge in [-0.25, -0.2) is 0 Å². The van der Waals surface area contributed by atoms with Crippen molar-refractivity contribution in [3.05, 3.63) is 70.7 Å². The van der Waals surface area contributed by atoms with E-state index in [1.165, 1.54) is 5.56 Å². The van der Waals surface area contributed by atoms with Gasteiger partial charge in [0.05, 0.1) is 0 Å². The first-order valence-corrected chi connectivity index (χ1v) is 10.2. The van der Waals surface area contributed by atoms with Gasteiger partial charge in [0, 0.05) is 30.6 Å². The van der Waals surface area contributed by atoms with Gasteiger partial charge in [0.15, 0.2) is 10.9 Å². The van der Waals surface area contributed by atoms with E-state index < -0.39 is 5.54 Å².